The van der Waals surface area contributed by atoms with Crippen molar-refractivity contribution in [1.29, 1.82) is 0 Å². The fourth-order valence-corrected chi connectivity index (χ4v) is 4.23. The van der Waals surface area contributed by atoms with Crippen LogP contribution < -0.4 is 0 Å². The van der Waals surface area contributed by atoms with E-state index in [0.717, 1.165) is 16.3 Å². The molecular weight excluding hydrogens is 385 g/mol. The van der Waals surface area contributed by atoms with E-state index in [-0.39, 0.29) is 11.9 Å². The third-order valence-corrected chi connectivity index (χ3v) is 5.86. The normalized spacial score (nSPS) is 21.6. The number of hydrogen-bond donors (Lipinski definition) is 0. The van der Waals surface area contributed by atoms with E-state index < -0.39 is 5.60 Å². The van der Waals surface area contributed by atoms with Crippen LogP contribution in [0.5, 0.6) is 0 Å². The Kier molecular flexibility index (Phi) is 4.97. The number of hydrogen-bond acceptors (Lipinski definition) is 4. The Morgan fingerprint density at radius 2 is 1.96 bits per heavy atom. The number of halogens is 2. The van der Waals surface area contributed by atoms with Gasteiger partial charge in [0, 0.05) is 15.8 Å². The highest BCUT2D eigenvalue weighted by Crippen LogP contribution is 2.59. The van der Waals surface area contributed by atoms with E-state index in [1.807, 2.05) is 28.9 Å². The minimum absolute atomic E-state index is 0.224. The molecule has 7 heteroatoms. The molecule has 1 aromatic heterocycles. The summed E-state index contributed by atoms with van der Waals surface area (Å²) in [6.07, 6.45) is 1.33. The lowest BCUT2D eigenvalue weighted by atomic mass is 9.91. The van der Waals surface area contributed by atoms with Crippen LogP contribution in [0.2, 0.25) is 5.02 Å². The first-order valence-electron chi connectivity index (χ1n) is 8.72. The lowest BCUT2D eigenvalue weighted by Gasteiger charge is -2.16. The van der Waals surface area contributed by atoms with E-state index in [0.29, 0.717) is 16.8 Å². The number of ether oxygens (including phenoxy) is 1. The Bertz CT molecular complexity index is 946. The van der Waals surface area contributed by atoms with Crippen LogP contribution in [0.3, 0.4) is 0 Å². The van der Waals surface area contributed by atoms with Crippen molar-refractivity contribution in [2.75, 3.05) is 0 Å². The third kappa shape index (κ3) is 3.61. The summed E-state index contributed by atoms with van der Waals surface area (Å²) in [6.45, 7) is 4.70. The van der Waals surface area contributed by atoms with Crippen molar-refractivity contribution in [3.8, 4) is 0 Å². The first-order chi connectivity index (χ1) is 13.0. The summed E-state index contributed by atoms with van der Waals surface area (Å²) in [6, 6.07) is 14.1. The molecule has 4 nitrogen and oxygen atoms in total. The molecule has 2 atom stereocenters. The van der Waals surface area contributed by atoms with Gasteiger partial charge in [0.2, 0.25) is 0 Å². The van der Waals surface area contributed by atoms with Crippen molar-refractivity contribution < 1.29 is 9.13 Å². The Morgan fingerprint density at radius 1 is 1.22 bits per heavy atom. The van der Waals surface area contributed by atoms with Gasteiger partial charge in [0.25, 0.3) is 0 Å². The van der Waals surface area contributed by atoms with Crippen LogP contribution in [0.15, 0.2) is 60.0 Å². The zero-order valence-corrected chi connectivity index (χ0v) is 16.5. The predicted octanol–water partition coefficient (Wildman–Crippen LogP) is 5.24. The Morgan fingerprint density at radius 3 is 2.67 bits per heavy atom. The molecule has 4 rings (SSSR count). The maximum Gasteiger partial charge on any atom is 0.186 e. The smallest absolute Gasteiger partial charge is 0.186 e. The minimum atomic E-state index is -0.654. The molecule has 0 radical (unpaired) electrons. The fraction of sp³-hybridized carbons (Fsp3) is 0.300. The number of benzene rings is 2. The van der Waals surface area contributed by atoms with Gasteiger partial charge in [0.15, 0.2) is 5.16 Å². The van der Waals surface area contributed by atoms with Gasteiger partial charge in [-0.15, -0.1) is 0 Å². The molecule has 0 spiro atoms. The van der Waals surface area contributed by atoms with Gasteiger partial charge < -0.3 is 4.74 Å². The molecule has 0 bridgehead atoms. The first-order valence-corrected chi connectivity index (χ1v) is 9.98. The lowest BCUT2D eigenvalue weighted by molar-refractivity contribution is 0.256. The van der Waals surface area contributed by atoms with E-state index >= 15 is 0 Å². The van der Waals surface area contributed by atoms with Gasteiger partial charge in [0.05, 0.1) is 6.54 Å². The number of thioether (sulfide) groups is 1. The van der Waals surface area contributed by atoms with Crippen LogP contribution in [0, 0.1) is 5.82 Å². The Balaban J connectivity index is 1.72. The van der Waals surface area contributed by atoms with Gasteiger partial charge >= 0.3 is 0 Å². The molecule has 1 saturated heterocycles. The van der Waals surface area contributed by atoms with Crippen LogP contribution >= 0.6 is 23.4 Å². The summed E-state index contributed by atoms with van der Waals surface area (Å²) >= 11 is 8.05. The summed E-state index contributed by atoms with van der Waals surface area (Å²) < 4.78 is 21.5. The van der Waals surface area contributed by atoms with E-state index in [1.54, 1.807) is 30.2 Å². The first kappa shape index (κ1) is 18.5. The Hall–Kier alpha value is -1.89. The SMILES string of the molecule is CC(C)Sc1ncnn1C[C@]1(c2ccc(F)cc2)O[C@@H]1c1ccccc1Cl. The summed E-state index contributed by atoms with van der Waals surface area (Å²) in [5.41, 5.74) is 1.16. The highest BCUT2D eigenvalue weighted by molar-refractivity contribution is 7.99. The number of rotatable bonds is 6. The molecule has 27 heavy (non-hydrogen) atoms. The Labute approximate surface area is 166 Å². The van der Waals surface area contributed by atoms with Crippen molar-refractivity contribution >= 4 is 23.4 Å². The monoisotopic (exact) mass is 403 g/mol. The van der Waals surface area contributed by atoms with E-state index in [1.165, 1.54) is 12.1 Å². The van der Waals surface area contributed by atoms with Gasteiger partial charge in [0.1, 0.15) is 23.8 Å². The zero-order chi connectivity index (χ0) is 19.0. The van der Waals surface area contributed by atoms with E-state index in [9.17, 15) is 4.39 Å². The van der Waals surface area contributed by atoms with Crippen molar-refractivity contribution in [3.63, 3.8) is 0 Å². The molecule has 3 aromatic rings. The highest BCUT2D eigenvalue weighted by atomic mass is 35.5. The number of epoxide rings is 1. The van der Waals surface area contributed by atoms with E-state index in [2.05, 4.69) is 23.9 Å². The van der Waals surface area contributed by atoms with Crippen molar-refractivity contribution in [3.05, 3.63) is 76.8 Å². The molecule has 1 fully saturated rings. The largest absolute Gasteiger partial charge is 0.354 e. The molecule has 0 aliphatic carbocycles. The summed E-state index contributed by atoms with van der Waals surface area (Å²) in [5.74, 6) is -0.277. The third-order valence-electron chi connectivity index (χ3n) is 4.52. The zero-order valence-electron chi connectivity index (χ0n) is 15.0. The maximum atomic E-state index is 13.5. The van der Waals surface area contributed by atoms with Crippen LogP contribution in [0.4, 0.5) is 4.39 Å². The van der Waals surface area contributed by atoms with Crippen molar-refractivity contribution in [2.24, 2.45) is 0 Å². The second-order valence-corrected chi connectivity index (χ2v) is 8.73. The molecule has 0 N–H and O–H groups in total. The molecule has 0 unspecified atom stereocenters. The molecule has 2 aromatic carbocycles. The molecule has 0 saturated carbocycles. The molecule has 0 amide bonds. The quantitative estimate of drug-likeness (QED) is 0.417. The number of aromatic nitrogens is 3. The molecule has 1 aliphatic rings. The molecule has 140 valence electrons. The van der Waals surface area contributed by atoms with Gasteiger partial charge in [-0.2, -0.15) is 5.10 Å². The molecule has 1 aliphatic heterocycles. The van der Waals surface area contributed by atoms with E-state index in [4.69, 9.17) is 16.3 Å². The minimum Gasteiger partial charge on any atom is -0.354 e. The van der Waals surface area contributed by atoms with Gasteiger partial charge in [-0.25, -0.2) is 14.1 Å². The van der Waals surface area contributed by atoms with Crippen LogP contribution in [-0.4, -0.2) is 20.0 Å². The molecular formula is C20H19ClFN3OS. The average molecular weight is 404 g/mol. The summed E-state index contributed by atoms with van der Waals surface area (Å²) in [5, 5.41) is 6.26. The van der Waals surface area contributed by atoms with Gasteiger partial charge in [-0.05, 0) is 23.8 Å². The average Bonchev–Trinajstić information content (AvgIpc) is 3.20. The topological polar surface area (TPSA) is 43.2 Å². The van der Waals surface area contributed by atoms with Crippen molar-refractivity contribution in [2.45, 2.75) is 42.5 Å². The van der Waals surface area contributed by atoms with Crippen LogP contribution in [0.1, 0.15) is 31.1 Å². The standard InChI is InChI=1S/C20H19ClFN3OS/c1-13(2)27-19-23-12-24-25(19)11-20(14-7-9-15(22)10-8-14)18(26-20)16-5-3-4-6-17(16)21/h3-10,12-13,18H,11H2,1-2H3/t18-,20-/m1/s1. The highest BCUT2D eigenvalue weighted by Gasteiger charge is 2.59. The lowest BCUT2D eigenvalue weighted by Crippen LogP contribution is -2.21. The van der Waals surface area contributed by atoms with Crippen LogP contribution in [-0.2, 0) is 16.9 Å². The maximum absolute atomic E-state index is 13.5. The van der Waals surface area contributed by atoms with Gasteiger partial charge in [-0.1, -0.05) is 67.5 Å². The predicted molar refractivity (Wildman–Crippen MR) is 104 cm³/mol. The molecule has 2 heterocycles. The van der Waals surface area contributed by atoms with Gasteiger partial charge in [-0.3, -0.25) is 0 Å². The summed E-state index contributed by atoms with van der Waals surface area (Å²) in [4.78, 5) is 4.36. The second-order valence-electron chi connectivity index (χ2n) is 6.78. The van der Waals surface area contributed by atoms with Crippen LogP contribution in [0.25, 0.3) is 0 Å². The van der Waals surface area contributed by atoms with Crippen molar-refractivity contribution in [1.82, 2.24) is 14.8 Å². The summed E-state index contributed by atoms with van der Waals surface area (Å²) in [7, 11) is 0. The fourth-order valence-electron chi connectivity index (χ4n) is 3.23. The number of nitrogens with zero attached hydrogens (tertiary/aromatic N) is 3. The second kappa shape index (κ2) is 7.26.